The zero-order valence-corrected chi connectivity index (χ0v) is 9.73. The van der Waals surface area contributed by atoms with Gasteiger partial charge in [-0.25, -0.2) is 0 Å². The van der Waals surface area contributed by atoms with E-state index in [-0.39, 0.29) is 23.8 Å². The maximum atomic E-state index is 11.6. The molecule has 1 fully saturated rings. The first-order valence-corrected chi connectivity index (χ1v) is 5.55. The number of amidine groups is 1. The molecule has 2 unspecified atom stereocenters. The second-order valence-corrected chi connectivity index (χ2v) is 4.37. The zero-order chi connectivity index (χ0) is 12.1. The van der Waals surface area contributed by atoms with Crippen LogP contribution in [0, 0.1) is 0 Å². The molecule has 0 radical (unpaired) electrons. The van der Waals surface area contributed by atoms with Crippen LogP contribution in [0.25, 0.3) is 0 Å². The number of amides is 1. The Kier molecular flexibility index (Phi) is 4.54. The monoisotopic (exact) mass is 228 g/mol. The molecule has 1 saturated carbocycles. The number of rotatable bonds is 6. The van der Waals surface area contributed by atoms with Crippen molar-refractivity contribution in [2.75, 3.05) is 0 Å². The molecule has 0 saturated heterocycles. The Balaban J connectivity index is 2.25. The first-order chi connectivity index (χ1) is 7.52. The third-order valence-electron chi connectivity index (χ3n) is 2.50. The maximum absolute atomic E-state index is 11.6. The first-order valence-electron chi connectivity index (χ1n) is 5.55. The predicted octanol–water partition coefficient (Wildman–Crippen LogP) is -0.232. The van der Waals surface area contributed by atoms with Crippen molar-refractivity contribution < 1.29 is 10.0 Å². The number of hydrogen-bond acceptors (Lipinski definition) is 4. The van der Waals surface area contributed by atoms with Crippen molar-refractivity contribution in [2.45, 2.75) is 51.2 Å². The summed E-state index contributed by atoms with van der Waals surface area (Å²) in [5, 5.41) is 17.3. The molecule has 1 aliphatic carbocycles. The molecule has 5 N–H and O–H groups in total. The highest BCUT2D eigenvalue weighted by molar-refractivity contribution is 5.82. The van der Waals surface area contributed by atoms with Crippen LogP contribution in [-0.2, 0) is 4.79 Å². The summed E-state index contributed by atoms with van der Waals surface area (Å²) in [5.41, 5.74) is 5.38. The quantitative estimate of drug-likeness (QED) is 0.218. The normalized spacial score (nSPS) is 20.2. The van der Waals surface area contributed by atoms with E-state index in [4.69, 9.17) is 10.9 Å². The minimum atomic E-state index is -0.262. The average molecular weight is 228 g/mol. The van der Waals surface area contributed by atoms with Crippen molar-refractivity contribution in [1.82, 2.24) is 10.6 Å². The van der Waals surface area contributed by atoms with E-state index in [1.807, 2.05) is 6.92 Å². The summed E-state index contributed by atoms with van der Waals surface area (Å²) in [6.07, 6.45) is 2.58. The van der Waals surface area contributed by atoms with Crippen LogP contribution < -0.4 is 16.4 Å². The molecule has 2 atom stereocenters. The molecule has 16 heavy (non-hydrogen) atoms. The standard InChI is InChI=1S/C10H20N4O2/c1-6(5-9(11)14-16)12-7(2)10(15)13-8-3-4-8/h6-8,12,16H,3-5H2,1-2H3,(H2,11,14)(H,13,15). The molecule has 1 aliphatic rings. The van der Waals surface area contributed by atoms with Crippen LogP contribution in [0.5, 0.6) is 0 Å². The molecule has 6 heteroatoms. The lowest BCUT2D eigenvalue weighted by molar-refractivity contribution is -0.123. The number of nitrogens with one attached hydrogen (secondary N) is 2. The van der Waals surface area contributed by atoms with Gasteiger partial charge in [0, 0.05) is 18.5 Å². The van der Waals surface area contributed by atoms with Crippen molar-refractivity contribution in [1.29, 1.82) is 0 Å². The summed E-state index contributed by atoms with van der Waals surface area (Å²) in [7, 11) is 0. The number of carbonyl (C=O) groups is 1. The fourth-order valence-corrected chi connectivity index (χ4v) is 1.47. The topological polar surface area (TPSA) is 99.7 Å². The van der Waals surface area contributed by atoms with Gasteiger partial charge in [-0.1, -0.05) is 5.16 Å². The zero-order valence-electron chi connectivity index (χ0n) is 9.73. The third-order valence-corrected chi connectivity index (χ3v) is 2.50. The highest BCUT2D eigenvalue weighted by Gasteiger charge is 2.26. The van der Waals surface area contributed by atoms with Crippen LogP contribution in [0.15, 0.2) is 5.16 Å². The van der Waals surface area contributed by atoms with Gasteiger partial charge in [0.25, 0.3) is 0 Å². The number of hydrogen-bond donors (Lipinski definition) is 4. The number of oxime groups is 1. The Bertz CT molecular complexity index is 276. The van der Waals surface area contributed by atoms with E-state index in [9.17, 15) is 4.79 Å². The molecular formula is C10H20N4O2. The molecule has 0 aromatic heterocycles. The van der Waals surface area contributed by atoms with Crippen molar-refractivity contribution in [3.63, 3.8) is 0 Å². The van der Waals surface area contributed by atoms with Gasteiger partial charge in [-0.05, 0) is 26.7 Å². The van der Waals surface area contributed by atoms with Crippen LogP contribution in [0.1, 0.15) is 33.1 Å². The number of carbonyl (C=O) groups excluding carboxylic acids is 1. The average Bonchev–Trinajstić information content (AvgIpc) is 3.01. The van der Waals surface area contributed by atoms with Gasteiger partial charge in [-0.15, -0.1) is 0 Å². The summed E-state index contributed by atoms with van der Waals surface area (Å²) < 4.78 is 0. The van der Waals surface area contributed by atoms with E-state index in [1.165, 1.54) is 0 Å². The van der Waals surface area contributed by atoms with Crippen LogP contribution in [0.2, 0.25) is 0 Å². The summed E-state index contributed by atoms with van der Waals surface area (Å²) >= 11 is 0. The van der Waals surface area contributed by atoms with Crippen molar-refractivity contribution >= 4 is 11.7 Å². The van der Waals surface area contributed by atoms with Crippen molar-refractivity contribution in [3.05, 3.63) is 0 Å². The lowest BCUT2D eigenvalue weighted by Gasteiger charge is -2.19. The minimum absolute atomic E-state index is 0.00384. The Morgan fingerprint density at radius 1 is 1.56 bits per heavy atom. The fraction of sp³-hybridized carbons (Fsp3) is 0.800. The van der Waals surface area contributed by atoms with Crippen LogP contribution in [-0.4, -0.2) is 35.1 Å². The molecule has 6 nitrogen and oxygen atoms in total. The molecule has 1 rings (SSSR count). The van der Waals surface area contributed by atoms with Gasteiger partial charge in [-0.3, -0.25) is 4.79 Å². The Morgan fingerprint density at radius 3 is 2.69 bits per heavy atom. The van der Waals surface area contributed by atoms with E-state index in [0.29, 0.717) is 12.5 Å². The third kappa shape index (κ3) is 4.48. The predicted molar refractivity (Wildman–Crippen MR) is 61.3 cm³/mol. The van der Waals surface area contributed by atoms with E-state index in [2.05, 4.69) is 15.8 Å². The molecule has 92 valence electrons. The second kappa shape index (κ2) is 5.69. The van der Waals surface area contributed by atoms with Crippen LogP contribution in [0.4, 0.5) is 0 Å². The lowest BCUT2D eigenvalue weighted by Crippen LogP contribution is -2.47. The van der Waals surface area contributed by atoms with E-state index in [1.54, 1.807) is 6.92 Å². The summed E-state index contributed by atoms with van der Waals surface area (Å²) in [6.45, 7) is 3.69. The summed E-state index contributed by atoms with van der Waals surface area (Å²) in [4.78, 5) is 11.6. The van der Waals surface area contributed by atoms with Crippen molar-refractivity contribution in [3.8, 4) is 0 Å². The van der Waals surface area contributed by atoms with E-state index in [0.717, 1.165) is 12.8 Å². The Morgan fingerprint density at radius 2 is 2.19 bits per heavy atom. The van der Waals surface area contributed by atoms with E-state index < -0.39 is 0 Å². The second-order valence-electron chi connectivity index (χ2n) is 4.37. The smallest absolute Gasteiger partial charge is 0.237 e. The molecular weight excluding hydrogens is 208 g/mol. The van der Waals surface area contributed by atoms with Gasteiger partial charge in [0.15, 0.2) is 0 Å². The molecule has 0 aromatic carbocycles. The molecule has 0 bridgehead atoms. The number of nitrogens with zero attached hydrogens (tertiary/aromatic N) is 1. The molecule has 0 aromatic rings. The van der Waals surface area contributed by atoms with E-state index >= 15 is 0 Å². The SMILES string of the molecule is CC(CC(N)=NO)NC(C)C(=O)NC1CC1. The van der Waals surface area contributed by atoms with Crippen LogP contribution in [0.3, 0.4) is 0 Å². The Hall–Kier alpha value is -1.30. The number of nitrogens with two attached hydrogens (primary N) is 1. The summed E-state index contributed by atoms with van der Waals surface area (Å²) in [5.74, 6) is 0.170. The summed E-state index contributed by atoms with van der Waals surface area (Å²) in [6, 6.07) is 0.106. The van der Waals surface area contributed by atoms with Gasteiger partial charge in [0.1, 0.15) is 5.84 Å². The van der Waals surface area contributed by atoms with Gasteiger partial charge in [0.2, 0.25) is 5.91 Å². The molecule has 0 aliphatic heterocycles. The largest absolute Gasteiger partial charge is 0.409 e. The van der Waals surface area contributed by atoms with Crippen LogP contribution >= 0.6 is 0 Å². The molecule has 1 amide bonds. The maximum Gasteiger partial charge on any atom is 0.237 e. The first kappa shape index (κ1) is 12.8. The van der Waals surface area contributed by atoms with Gasteiger partial charge >= 0.3 is 0 Å². The molecule has 0 spiro atoms. The van der Waals surface area contributed by atoms with Gasteiger partial charge in [0.05, 0.1) is 6.04 Å². The highest BCUT2D eigenvalue weighted by Crippen LogP contribution is 2.18. The minimum Gasteiger partial charge on any atom is -0.409 e. The highest BCUT2D eigenvalue weighted by atomic mass is 16.4. The Labute approximate surface area is 95.3 Å². The lowest BCUT2D eigenvalue weighted by atomic mass is 10.2. The van der Waals surface area contributed by atoms with Gasteiger partial charge < -0.3 is 21.6 Å². The van der Waals surface area contributed by atoms with Crippen molar-refractivity contribution in [2.24, 2.45) is 10.9 Å². The van der Waals surface area contributed by atoms with Gasteiger partial charge in [-0.2, -0.15) is 0 Å². The fourth-order valence-electron chi connectivity index (χ4n) is 1.47. The molecule has 0 heterocycles.